The molecule has 66 valence electrons. The van der Waals surface area contributed by atoms with Crippen LogP contribution in [0.15, 0.2) is 0 Å². The molecule has 0 unspecified atom stereocenters. The normalized spacial score (nSPS) is 4.00. The second kappa shape index (κ2) is 35.6. The van der Waals surface area contributed by atoms with Crippen LogP contribution in [0.2, 0.25) is 0 Å². The van der Waals surface area contributed by atoms with Crippen LogP contribution in [-0.4, -0.2) is 16.7 Å². The number of aliphatic hydroxyl groups excluding tert-OH is 1. The molecule has 0 bridgehead atoms. The molecule has 0 heterocycles. The molecule has 6 heteroatoms. The number of halogens is 4. The summed E-state index contributed by atoms with van der Waals surface area (Å²) in [5.74, 6) is 0. The number of aliphatic hydroxyl groups is 1. The lowest BCUT2D eigenvalue weighted by molar-refractivity contribution is 0.216. The summed E-state index contributed by atoms with van der Waals surface area (Å²) in [6, 6.07) is 0. The number of hydrogen-bond acceptors (Lipinski definition) is 1. The van der Waals surface area contributed by atoms with Crippen LogP contribution in [0, 0.1) is 0 Å². The van der Waals surface area contributed by atoms with Crippen molar-refractivity contribution in [3.63, 3.8) is 0 Å². The van der Waals surface area contributed by atoms with Gasteiger partial charge in [0.25, 0.3) is 0 Å². The maximum Gasteiger partial charge on any atom is 0.0483 e. The first-order chi connectivity index (χ1) is 1.73. The van der Waals surface area contributed by atoms with E-state index in [1.54, 1.807) is 13.8 Å². The van der Waals surface area contributed by atoms with E-state index in [0.29, 0.717) is 0 Å². The minimum atomic E-state index is -0.167. The van der Waals surface area contributed by atoms with Gasteiger partial charge in [-0.25, -0.2) is 0 Å². The lowest BCUT2D eigenvalue weighted by Crippen LogP contribution is -1.85. The highest BCUT2D eigenvalue weighted by molar-refractivity contribution is 5.86. The van der Waals surface area contributed by atoms with Crippen molar-refractivity contribution in [2.45, 2.75) is 20.0 Å². The Hall–Kier alpha value is 1.08. The Balaban J connectivity index is -0.00000000450. The Morgan fingerprint density at radius 3 is 0.889 bits per heavy atom. The molecule has 0 aromatic carbocycles. The molecule has 0 aliphatic heterocycles. The van der Waals surface area contributed by atoms with Crippen LogP contribution < -0.4 is 0 Å². The first-order valence-electron chi connectivity index (χ1n) is 1.41. The van der Waals surface area contributed by atoms with Gasteiger partial charge in [-0.3, -0.25) is 0 Å². The van der Waals surface area contributed by atoms with Crippen molar-refractivity contribution in [1.29, 1.82) is 0 Å². The fourth-order valence-corrected chi connectivity index (χ4v) is 0. The third-order valence-electron chi connectivity index (χ3n) is 0. The van der Waals surface area contributed by atoms with Gasteiger partial charge in [0.05, 0.1) is 0 Å². The number of rotatable bonds is 0. The van der Waals surface area contributed by atoms with E-state index in [-0.39, 0.29) is 61.2 Å². The van der Waals surface area contributed by atoms with Crippen LogP contribution in [-0.2, 0) is 0 Å². The van der Waals surface area contributed by atoms with Crippen molar-refractivity contribution in [2.75, 3.05) is 0 Å². The molecule has 0 amide bonds. The van der Waals surface area contributed by atoms with Crippen LogP contribution in [0.5, 0.6) is 0 Å². The van der Waals surface area contributed by atoms with Crippen LogP contribution in [0.4, 0.5) is 0 Å². The number of hydrogen-bond donors (Lipinski definition) is 1. The van der Waals surface area contributed by atoms with Crippen LogP contribution in [0.25, 0.3) is 0 Å². The fraction of sp³-hybridized carbons (Fsp3) is 1.00. The quantitative estimate of drug-likeness (QED) is 0.661. The summed E-state index contributed by atoms with van der Waals surface area (Å²) in [4.78, 5) is 0. The average molecular weight is 224 g/mol. The molecular weight excluding hydrogens is 210 g/mol. The zero-order valence-electron chi connectivity index (χ0n) is 5.16. The minimum Gasteiger partial charge on any atom is -0.412 e. The molecule has 0 saturated heterocycles. The Labute approximate surface area is 80.4 Å². The molecule has 0 fully saturated rings. The summed E-state index contributed by atoms with van der Waals surface area (Å²) >= 11 is 0. The van der Waals surface area contributed by atoms with Crippen LogP contribution >= 0.6 is 49.6 Å². The molecule has 0 rings (SSSR count). The van der Waals surface area contributed by atoms with E-state index in [9.17, 15) is 0 Å². The van der Waals surface area contributed by atoms with Crippen molar-refractivity contribution in [1.82, 2.24) is 0 Å². The molecule has 2 nitrogen and oxygen atoms in total. The summed E-state index contributed by atoms with van der Waals surface area (Å²) in [7, 11) is 0. The monoisotopic (exact) mass is 222 g/mol. The molecule has 0 aliphatic carbocycles. The van der Waals surface area contributed by atoms with Gasteiger partial charge in [0.15, 0.2) is 0 Å². The predicted molar refractivity (Wildman–Crippen MR) is 50.0 cm³/mol. The molecule has 0 atom stereocenters. The topological polar surface area (TPSA) is 51.7 Å². The highest BCUT2D eigenvalue weighted by atomic mass is 35.5. The van der Waals surface area contributed by atoms with Crippen LogP contribution in [0.1, 0.15) is 13.8 Å². The van der Waals surface area contributed by atoms with E-state index in [1.165, 1.54) is 0 Å². The van der Waals surface area contributed by atoms with Gasteiger partial charge in [-0.2, -0.15) is 0 Å². The lowest BCUT2D eigenvalue weighted by atomic mass is 10.5. The molecular formula is C3H14Cl4O2. The summed E-state index contributed by atoms with van der Waals surface area (Å²) in [5, 5.41) is 8.06. The van der Waals surface area contributed by atoms with Crippen molar-refractivity contribution in [3.8, 4) is 0 Å². The van der Waals surface area contributed by atoms with Crippen LogP contribution in [0.3, 0.4) is 0 Å². The first-order valence-corrected chi connectivity index (χ1v) is 1.41. The smallest absolute Gasteiger partial charge is 0.0483 e. The van der Waals surface area contributed by atoms with Crippen molar-refractivity contribution in [3.05, 3.63) is 0 Å². The molecule has 3 N–H and O–H groups in total. The predicted octanol–water partition coefficient (Wildman–Crippen LogP) is 1.25. The summed E-state index contributed by atoms with van der Waals surface area (Å²) in [5.41, 5.74) is 0. The van der Waals surface area contributed by atoms with Gasteiger partial charge in [-0.1, -0.05) is 0 Å². The zero-order chi connectivity index (χ0) is 3.58. The largest absolute Gasteiger partial charge is 0.412 e. The average Bonchev–Trinajstić information content (AvgIpc) is 0.811. The summed E-state index contributed by atoms with van der Waals surface area (Å²) in [6.07, 6.45) is -0.167. The standard InChI is InChI=1S/C3H8O.4ClH.H2O/c1-3(2)4;;;;;/h3-4H,1-2H3;4*1H;1H2. The second-order valence-electron chi connectivity index (χ2n) is 1.09. The molecule has 9 heavy (non-hydrogen) atoms. The second-order valence-corrected chi connectivity index (χ2v) is 1.09. The van der Waals surface area contributed by atoms with Crippen molar-refractivity contribution >= 4 is 49.6 Å². The fourth-order valence-electron chi connectivity index (χ4n) is 0. The van der Waals surface area contributed by atoms with Gasteiger partial charge in [-0.15, -0.1) is 49.6 Å². The third kappa shape index (κ3) is 390. The Morgan fingerprint density at radius 2 is 0.889 bits per heavy atom. The van der Waals surface area contributed by atoms with Gasteiger partial charge in [0.1, 0.15) is 0 Å². The molecule has 0 aliphatic rings. The SMILES string of the molecule is CC(C)O.Cl.Cl.Cl.Cl.O. The zero-order valence-corrected chi connectivity index (χ0v) is 8.42. The Bertz CT molecular complexity index is 18.5. The van der Waals surface area contributed by atoms with E-state index in [4.69, 9.17) is 5.11 Å². The van der Waals surface area contributed by atoms with E-state index >= 15 is 0 Å². The van der Waals surface area contributed by atoms with Crippen molar-refractivity contribution < 1.29 is 10.6 Å². The highest BCUT2D eigenvalue weighted by Crippen LogP contribution is 1.65. The summed E-state index contributed by atoms with van der Waals surface area (Å²) in [6.45, 7) is 3.44. The minimum absolute atomic E-state index is 0. The van der Waals surface area contributed by atoms with Gasteiger partial charge < -0.3 is 10.6 Å². The third-order valence-corrected chi connectivity index (χ3v) is 0. The van der Waals surface area contributed by atoms with E-state index in [2.05, 4.69) is 0 Å². The molecule has 0 aromatic rings. The molecule has 0 spiro atoms. The lowest BCUT2D eigenvalue weighted by Gasteiger charge is -1.80. The molecule has 0 saturated carbocycles. The van der Waals surface area contributed by atoms with Crippen molar-refractivity contribution in [2.24, 2.45) is 0 Å². The Morgan fingerprint density at radius 1 is 0.889 bits per heavy atom. The van der Waals surface area contributed by atoms with E-state index in [0.717, 1.165) is 0 Å². The summed E-state index contributed by atoms with van der Waals surface area (Å²) < 4.78 is 0. The molecule has 0 radical (unpaired) electrons. The first kappa shape index (κ1) is 49.9. The van der Waals surface area contributed by atoms with E-state index in [1.807, 2.05) is 0 Å². The van der Waals surface area contributed by atoms with Gasteiger partial charge in [0, 0.05) is 6.10 Å². The van der Waals surface area contributed by atoms with Gasteiger partial charge in [0.2, 0.25) is 0 Å². The van der Waals surface area contributed by atoms with Gasteiger partial charge in [-0.05, 0) is 13.8 Å². The Kier molecular flexibility index (Phi) is 198. The van der Waals surface area contributed by atoms with E-state index < -0.39 is 0 Å². The molecule has 0 aromatic heterocycles. The maximum atomic E-state index is 8.06. The van der Waals surface area contributed by atoms with Gasteiger partial charge >= 0.3 is 0 Å². The highest BCUT2D eigenvalue weighted by Gasteiger charge is 1.69. The maximum absolute atomic E-state index is 8.06.